The molecule has 0 amide bonds. The van der Waals surface area contributed by atoms with Crippen LogP contribution in [-0.4, -0.2) is 87.2 Å². The van der Waals surface area contributed by atoms with Gasteiger partial charge in [-0.15, -0.1) is 0 Å². The lowest BCUT2D eigenvalue weighted by Crippen LogP contribution is -2.29. The first-order valence-electron chi connectivity index (χ1n) is 21.6. The highest BCUT2D eigenvalue weighted by Gasteiger charge is 2.46. The lowest BCUT2D eigenvalue weighted by Gasteiger charge is -2.35. The Bertz CT molecular complexity index is 2420. The zero-order chi connectivity index (χ0) is 45.8. The Labute approximate surface area is 380 Å². The second-order valence-corrected chi connectivity index (χ2v) is 15.9. The molecule has 0 fully saturated rings. The summed E-state index contributed by atoms with van der Waals surface area (Å²) in [6.45, 7) is 10.6. The van der Waals surface area contributed by atoms with E-state index < -0.39 is 29.6 Å². The van der Waals surface area contributed by atoms with Crippen LogP contribution >= 0.6 is 0 Å². The molecule has 0 spiro atoms. The number of carbonyl (C=O) groups is 2. The highest BCUT2D eigenvalue weighted by molar-refractivity contribution is 5.89. The van der Waals surface area contributed by atoms with Gasteiger partial charge in [-0.1, -0.05) is 134 Å². The maximum Gasteiger partial charge on any atom is 0.333 e. The third-order valence-corrected chi connectivity index (χ3v) is 11.0. The number of carbonyl (C=O) groups excluding carboxylic acids is 2. The molecule has 2 atom stereocenters. The van der Waals surface area contributed by atoms with E-state index >= 15 is 0 Å². The number of rotatable bonds is 22. The van der Waals surface area contributed by atoms with E-state index in [2.05, 4.69) is 110 Å². The van der Waals surface area contributed by atoms with Gasteiger partial charge in [-0.3, -0.25) is 0 Å². The first-order valence-corrected chi connectivity index (χ1v) is 21.6. The quantitative estimate of drug-likeness (QED) is 0.0387. The van der Waals surface area contributed by atoms with Crippen LogP contribution in [0.1, 0.15) is 36.1 Å². The van der Waals surface area contributed by atoms with Gasteiger partial charge in [0.15, 0.2) is 0 Å². The third-order valence-electron chi connectivity index (χ3n) is 11.0. The summed E-state index contributed by atoms with van der Waals surface area (Å²) in [6, 6.07) is 50.2. The number of aliphatic hydroxyl groups excluding tert-OH is 2. The van der Waals surface area contributed by atoms with Crippen molar-refractivity contribution in [2.75, 3.05) is 52.9 Å². The highest BCUT2D eigenvalue weighted by Crippen LogP contribution is 2.57. The lowest BCUT2D eigenvalue weighted by atomic mass is 9.67. The minimum atomic E-state index is -0.986. The Morgan fingerprint density at radius 1 is 0.492 bits per heavy atom. The largest absolute Gasteiger partial charge is 0.491 e. The molecule has 1 aliphatic carbocycles. The maximum atomic E-state index is 11.7. The molecule has 10 nitrogen and oxygen atoms in total. The van der Waals surface area contributed by atoms with Crippen molar-refractivity contribution < 1.29 is 48.2 Å². The molecule has 334 valence electrons. The van der Waals surface area contributed by atoms with Crippen LogP contribution in [0.25, 0.3) is 33.4 Å². The molecule has 6 aromatic rings. The average Bonchev–Trinajstić information content (AvgIpc) is 3.63. The fourth-order valence-electron chi connectivity index (χ4n) is 8.03. The van der Waals surface area contributed by atoms with Crippen LogP contribution in [0.5, 0.6) is 11.5 Å². The van der Waals surface area contributed by atoms with Crippen LogP contribution in [0.3, 0.4) is 0 Å². The Kier molecular flexibility index (Phi) is 15.4. The van der Waals surface area contributed by atoms with Crippen molar-refractivity contribution in [2.45, 2.75) is 31.5 Å². The van der Waals surface area contributed by atoms with Crippen molar-refractivity contribution in [1.82, 2.24) is 0 Å². The van der Waals surface area contributed by atoms with Gasteiger partial charge in [-0.2, -0.15) is 0 Å². The Balaban J connectivity index is 1.22. The summed E-state index contributed by atoms with van der Waals surface area (Å²) in [4.78, 5) is 23.5. The molecule has 1 aliphatic rings. The van der Waals surface area contributed by atoms with Gasteiger partial charge in [0, 0.05) is 22.3 Å². The molecule has 0 saturated heterocycles. The minimum Gasteiger partial charge on any atom is -0.491 e. The number of hydrogen-bond acceptors (Lipinski definition) is 10. The summed E-state index contributed by atoms with van der Waals surface area (Å²) in [5, 5.41) is 20.6. The van der Waals surface area contributed by atoms with Crippen molar-refractivity contribution in [2.24, 2.45) is 0 Å². The van der Waals surface area contributed by atoms with Crippen molar-refractivity contribution in [3.8, 4) is 44.9 Å². The van der Waals surface area contributed by atoms with E-state index in [1.165, 1.54) is 0 Å². The number of fused-ring (bicyclic) bond motifs is 3. The fraction of sp³-hybridized carbons (Fsp3) is 0.236. The van der Waals surface area contributed by atoms with Crippen LogP contribution < -0.4 is 9.47 Å². The number of aliphatic hydroxyl groups is 2. The Morgan fingerprint density at radius 3 is 1.28 bits per heavy atom. The van der Waals surface area contributed by atoms with Crippen molar-refractivity contribution in [3.63, 3.8) is 0 Å². The first-order chi connectivity index (χ1) is 31.6. The fourth-order valence-corrected chi connectivity index (χ4v) is 8.03. The normalized spacial score (nSPS) is 13.2. The van der Waals surface area contributed by atoms with Crippen LogP contribution in [0.4, 0.5) is 0 Å². The van der Waals surface area contributed by atoms with Gasteiger partial charge in [0.25, 0.3) is 0 Å². The second kappa shape index (κ2) is 21.7. The number of ether oxygens (including phenoxy) is 6. The molecule has 0 radical (unpaired) electrons. The van der Waals surface area contributed by atoms with Crippen molar-refractivity contribution in [1.29, 1.82) is 0 Å². The van der Waals surface area contributed by atoms with Gasteiger partial charge in [0.1, 0.15) is 50.1 Å². The number of benzene rings is 6. The average molecular weight is 875 g/mol. The van der Waals surface area contributed by atoms with E-state index in [-0.39, 0.29) is 64.0 Å². The summed E-state index contributed by atoms with van der Waals surface area (Å²) < 4.78 is 34.3. The van der Waals surface area contributed by atoms with E-state index in [9.17, 15) is 19.8 Å². The molecule has 2 N–H and O–H groups in total. The monoisotopic (exact) mass is 874 g/mol. The summed E-state index contributed by atoms with van der Waals surface area (Å²) in [7, 11) is 0. The minimum absolute atomic E-state index is 0.0261. The molecule has 0 bridgehead atoms. The molecule has 10 heteroatoms. The SMILES string of the molecule is C=C(C)C(=O)OCC(O)COCCOc1ccc(C2(c3ccc(OCCOCC(O)COC(=O)C(=C)C)c(-c4ccccc4)c3)c3ccccc3-c3ccccc32)cc1-c1ccccc1. The first kappa shape index (κ1) is 46.2. The lowest BCUT2D eigenvalue weighted by molar-refractivity contribution is -0.143. The molecular weight excluding hydrogens is 821 g/mol. The number of esters is 2. The van der Waals surface area contributed by atoms with E-state index in [0.29, 0.717) is 11.5 Å². The molecule has 0 saturated carbocycles. The summed E-state index contributed by atoms with van der Waals surface area (Å²) >= 11 is 0. The molecule has 0 aliphatic heterocycles. The molecule has 7 rings (SSSR count). The van der Waals surface area contributed by atoms with Crippen molar-refractivity contribution >= 4 is 11.9 Å². The number of hydrogen-bond donors (Lipinski definition) is 2. The van der Waals surface area contributed by atoms with E-state index in [0.717, 1.165) is 55.6 Å². The molecule has 0 aromatic heterocycles. The predicted molar refractivity (Wildman–Crippen MR) is 251 cm³/mol. The van der Waals surface area contributed by atoms with Crippen LogP contribution in [-0.2, 0) is 34.0 Å². The van der Waals surface area contributed by atoms with Crippen molar-refractivity contribution in [3.05, 3.63) is 192 Å². The van der Waals surface area contributed by atoms with Gasteiger partial charge in [0.05, 0.1) is 31.8 Å². The molecule has 65 heavy (non-hydrogen) atoms. The standard InChI is InChI=1S/C55H54O10/c1-37(2)53(58)64-35-43(56)33-60-27-29-62-51-25-23-41(31-47(51)39-15-7-5-8-16-39)55(49-21-13-11-19-45(49)46-20-12-14-22-50(46)55)42-24-26-52(48(32-42)40-17-9-6-10-18-40)63-30-28-61-34-44(57)36-65-54(59)38(3)4/h5-26,31-32,43-44,56-57H,1,3,27-30,33-36H2,2,4H3. The zero-order valence-corrected chi connectivity index (χ0v) is 36.7. The molecule has 2 unspecified atom stereocenters. The predicted octanol–water partition coefficient (Wildman–Crippen LogP) is 9.13. The van der Waals surface area contributed by atoms with Gasteiger partial charge < -0.3 is 38.6 Å². The molecular formula is C55H54O10. The molecule has 6 aromatic carbocycles. The van der Waals surface area contributed by atoms with Gasteiger partial charge in [-0.05, 0) is 82.6 Å². The Morgan fingerprint density at radius 2 is 0.877 bits per heavy atom. The maximum absolute atomic E-state index is 11.7. The topological polar surface area (TPSA) is 130 Å². The summed E-state index contributed by atoms with van der Waals surface area (Å²) in [5.41, 5.74) is 10.2. The van der Waals surface area contributed by atoms with E-state index in [1.807, 2.05) is 48.5 Å². The van der Waals surface area contributed by atoms with Crippen LogP contribution in [0.2, 0.25) is 0 Å². The Hall–Kier alpha value is -6.82. The summed E-state index contributed by atoms with van der Waals surface area (Å²) in [6.07, 6.45) is -1.97. The third kappa shape index (κ3) is 10.8. The van der Waals surface area contributed by atoms with Gasteiger partial charge >= 0.3 is 11.9 Å². The van der Waals surface area contributed by atoms with Gasteiger partial charge in [-0.25, -0.2) is 9.59 Å². The summed E-state index contributed by atoms with van der Waals surface area (Å²) in [5.74, 6) is 0.220. The highest BCUT2D eigenvalue weighted by atomic mass is 16.6. The molecule has 0 heterocycles. The van der Waals surface area contributed by atoms with E-state index in [4.69, 9.17) is 28.4 Å². The second-order valence-electron chi connectivity index (χ2n) is 15.9. The smallest absolute Gasteiger partial charge is 0.333 e. The van der Waals surface area contributed by atoms with E-state index in [1.54, 1.807) is 13.8 Å². The van der Waals surface area contributed by atoms with Crippen LogP contribution in [0, 0.1) is 0 Å². The zero-order valence-electron chi connectivity index (χ0n) is 36.7. The van der Waals surface area contributed by atoms with Gasteiger partial charge in [0.2, 0.25) is 0 Å². The van der Waals surface area contributed by atoms with Crippen LogP contribution in [0.15, 0.2) is 170 Å².